The Morgan fingerprint density at radius 2 is 1.72 bits per heavy atom. The van der Waals surface area contributed by atoms with Gasteiger partial charge in [-0.1, -0.05) is 44.2 Å². The van der Waals surface area contributed by atoms with Crippen molar-refractivity contribution in [2.75, 3.05) is 33.2 Å². The number of ether oxygens (including phenoxy) is 1. The van der Waals surface area contributed by atoms with E-state index >= 15 is 0 Å². The van der Waals surface area contributed by atoms with Gasteiger partial charge in [0.25, 0.3) is 5.91 Å². The highest BCUT2D eigenvalue weighted by Gasteiger charge is 2.52. The Kier molecular flexibility index (Phi) is 5.49. The monoisotopic (exact) mass is 344 g/mol. The first-order valence-electron chi connectivity index (χ1n) is 9.74. The number of morpholine rings is 1. The molecule has 2 aliphatic rings. The molecule has 0 unspecified atom stereocenters. The second kappa shape index (κ2) is 7.46. The normalized spacial score (nSPS) is 23.2. The molecule has 0 aromatic heterocycles. The molecule has 4 heteroatoms. The molecule has 0 N–H and O–H groups in total. The van der Waals surface area contributed by atoms with Gasteiger partial charge in [-0.15, -0.1) is 0 Å². The minimum Gasteiger partial charge on any atom is -0.357 e. The molecule has 1 aromatic carbocycles. The molecule has 138 valence electrons. The van der Waals surface area contributed by atoms with Gasteiger partial charge in [-0.05, 0) is 37.7 Å². The summed E-state index contributed by atoms with van der Waals surface area (Å²) < 4.78 is 6.58. The van der Waals surface area contributed by atoms with E-state index in [1.54, 1.807) is 0 Å². The zero-order chi connectivity index (χ0) is 17.9. The van der Waals surface area contributed by atoms with Crippen molar-refractivity contribution in [1.82, 2.24) is 9.80 Å². The van der Waals surface area contributed by atoms with Gasteiger partial charge in [-0.3, -0.25) is 4.79 Å². The number of carbonyl (C=O) groups excluding carboxylic acids is 1. The lowest BCUT2D eigenvalue weighted by molar-refractivity contribution is -0.224. The van der Waals surface area contributed by atoms with E-state index in [-0.39, 0.29) is 11.5 Å². The standard InChI is InChI=1S/C21H32N2O2/c1-4-21(5-2)19(24)22(3)17-20(25-21)12-15-23(16-13-20)14-11-18-9-7-6-8-10-18/h6-10H,4-5,11-17H2,1-3H3. The Bertz CT molecular complexity index is 575. The van der Waals surface area contributed by atoms with Gasteiger partial charge in [-0.2, -0.15) is 0 Å². The summed E-state index contributed by atoms with van der Waals surface area (Å²) in [5.41, 5.74) is 0.634. The van der Waals surface area contributed by atoms with E-state index in [1.807, 2.05) is 11.9 Å². The Balaban J connectivity index is 1.59. The quantitative estimate of drug-likeness (QED) is 0.823. The van der Waals surface area contributed by atoms with Crippen LogP contribution >= 0.6 is 0 Å². The molecule has 0 atom stereocenters. The molecule has 1 aromatic rings. The van der Waals surface area contributed by atoms with Gasteiger partial charge < -0.3 is 14.5 Å². The van der Waals surface area contributed by atoms with Crippen molar-refractivity contribution in [3.05, 3.63) is 35.9 Å². The molecule has 2 heterocycles. The highest BCUT2D eigenvalue weighted by Crippen LogP contribution is 2.39. The number of amides is 1. The summed E-state index contributed by atoms with van der Waals surface area (Å²) in [6.07, 6.45) is 4.64. The minimum absolute atomic E-state index is 0.155. The molecule has 2 saturated heterocycles. The van der Waals surface area contributed by atoms with Gasteiger partial charge in [0.15, 0.2) is 0 Å². The SMILES string of the molecule is CCC1(CC)OC2(CCN(CCc3ccccc3)CC2)CN(C)C1=O. The van der Waals surface area contributed by atoms with Crippen LogP contribution in [0.3, 0.4) is 0 Å². The summed E-state index contributed by atoms with van der Waals surface area (Å²) in [4.78, 5) is 17.1. The average molecular weight is 344 g/mol. The Hall–Kier alpha value is -1.39. The van der Waals surface area contributed by atoms with Crippen LogP contribution in [0.25, 0.3) is 0 Å². The predicted octanol–water partition coefficient (Wildman–Crippen LogP) is 3.11. The molecule has 2 fully saturated rings. The van der Waals surface area contributed by atoms with Crippen LogP contribution in [0.5, 0.6) is 0 Å². The van der Waals surface area contributed by atoms with Gasteiger partial charge >= 0.3 is 0 Å². The van der Waals surface area contributed by atoms with Crippen molar-refractivity contribution >= 4 is 5.91 Å². The lowest BCUT2D eigenvalue weighted by atomic mass is 9.83. The van der Waals surface area contributed by atoms with Crippen LogP contribution in [0.2, 0.25) is 0 Å². The number of benzene rings is 1. The van der Waals surface area contributed by atoms with E-state index in [1.165, 1.54) is 5.56 Å². The topological polar surface area (TPSA) is 32.8 Å². The van der Waals surface area contributed by atoms with E-state index in [0.717, 1.165) is 58.3 Å². The summed E-state index contributed by atoms with van der Waals surface area (Å²) in [5, 5.41) is 0. The number of carbonyl (C=O) groups is 1. The van der Waals surface area contributed by atoms with Gasteiger partial charge in [0.1, 0.15) is 5.60 Å². The number of rotatable bonds is 5. The summed E-state index contributed by atoms with van der Waals surface area (Å²) >= 11 is 0. The fourth-order valence-electron chi connectivity index (χ4n) is 4.42. The molecule has 1 spiro atoms. The first-order valence-corrected chi connectivity index (χ1v) is 9.74. The fourth-order valence-corrected chi connectivity index (χ4v) is 4.42. The van der Waals surface area contributed by atoms with Crippen molar-refractivity contribution in [2.24, 2.45) is 0 Å². The second-order valence-corrected chi connectivity index (χ2v) is 7.72. The number of hydrogen-bond acceptors (Lipinski definition) is 3. The van der Waals surface area contributed by atoms with Gasteiger partial charge in [0.2, 0.25) is 0 Å². The Labute approximate surface area is 152 Å². The average Bonchev–Trinajstić information content (AvgIpc) is 2.65. The maximum atomic E-state index is 12.6. The molecule has 25 heavy (non-hydrogen) atoms. The highest BCUT2D eigenvalue weighted by molar-refractivity contribution is 5.85. The summed E-state index contributed by atoms with van der Waals surface area (Å²) in [7, 11) is 1.94. The summed E-state index contributed by atoms with van der Waals surface area (Å²) in [6, 6.07) is 10.7. The molecule has 0 bridgehead atoms. The van der Waals surface area contributed by atoms with Crippen molar-refractivity contribution in [3.8, 4) is 0 Å². The minimum atomic E-state index is -0.612. The van der Waals surface area contributed by atoms with E-state index in [4.69, 9.17) is 4.74 Å². The van der Waals surface area contributed by atoms with Crippen molar-refractivity contribution in [3.63, 3.8) is 0 Å². The Morgan fingerprint density at radius 1 is 1.08 bits per heavy atom. The van der Waals surface area contributed by atoms with Crippen molar-refractivity contribution in [1.29, 1.82) is 0 Å². The molecular weight excluding hydrogens is 312 g/mol. The van der Waals surface area contributed by atoms with Gasteiger partial charge in [0.05, 0.1) is 5.60 Å². The number of likely N-dealkylation sites (N-methyl/N-ethyl adjacent to an activating group) is 1. The maximum absolute atomic E-state index is 12.6. The number of likely N-dealkylation sites (tertiary alicyclic amines) is 1. The molecule has 3 rings (SSSR count). The van der Waals surface area contributed by atoms with E-state index in [2.05, 4.69) is 49.1 Å². The lowest BCUT2D eigenvalue weighted by Gasteiger charge is -2.53. The van der Waals surface area contributed by atoms with Gasteiger partial charge in [0, 0.05) is 33.2 Å². The van der Waals surface area contributed by atoms with Gasteiger partial charge in [-0.25, -0.2) is 0 Å². The molecule has 0 radical (unpaired) electrons. The zero-order valence-corrected chi connectivity index (χ0v) is 16.0. The maximum Gasteiger partial charge on any atom is 0.254 e. The second-order valence-electron chi connectivity index (χ2n) is 7.72. The smallest absolute Gasteiger partial charge is 0.254 e. The summed E-state index contributed by atoms with van der Waals surface area (Å²) in [5.74, 6) is 0.162. The first kappa shape index (κ1) is 18.4. The third kappa shape index (κ3) is 3.75. The van der Waals surface area contributed by atoms with Crippen molar-refractivity contribution < 1.29 is 9.53 Å². The molecule has 0 aliphatic carbocycles. The molecule has 0 saturated carbocycles. The van der Waals surface area contributed by atoms with E-state index in [9.17, 15) is 4.79 Å². The first-order chi connectivity index (χ1) is 12.0. The Morgan fingerprint density at radius 3 is 2.32 bits per heavy atom. The van der Waals surface area contributed by atoms with Crippen LogP contribution in [-0.2, 0) is 16.0 Å². The number of nitrogens with zero attached hydrogens (tertiary/aromatic N) is 2. The predicted molar refractivity (Wildman–Crippen MR) is 101 cm³/mol. The lowest BCUT2D eigenvalue weighted by Crippen LogP contribution is -2.66. The zero-order valence-electron chi connectivity index (χ0n) is 16.0. The van der Waals surface area contributed by atoms with Crippen LogP contribution in [0, 0.1) is 0 Å². The molecular formula is C21H32N2O2. The fraction of sp³-hybridized carbons (Fsp3) is 0.667. The molecule has 4 nitrogen and oxygen atoms in total. The van der Waals surface area contributed by atoms with E-state index < -0.39 is 5.60 Å². The highest BCUT2D eigenvalue weighted by atomic mass is 16.5. The van der Waals surface area contributed by atoms with Crippen molar-refractivity contribution in [2.45, 2.75) is 57.2 Å². The van der Waals surface area contributed by atoms with Crippen LogP contribution in [0.15, 0.2) is 30.3 Å². The third-order valence-corrected chi connectivity index (χ3v) is 6.14. The van der Waals surface area contributed by atoms with Crippen LogP contribution < -0.4 is 0 Å². The number of piperidine rings is 1. The molecule has 2 aliphatic heterocycles. The molecule has 1 amide bonds. The number of hydrogen-bond donors (Lipinski definition) is 0. The summed E-state index contributed by atoms with van der Waals surface area (Å²) in [6.45, 7) is 8.09. The third-order valence-electron chi connectivity index (χ3n) is 6.14. The van der Waals surface area contributed by atoms with Crippen LogP contribution in [0.1, 0.15) is 45.1 Å². The van der Waals surface area contributed by atoms with Crippen LogP contribution in [0.4, 0.5) is 0 Å². The van der Waals surface area contributed by atoms with E-state index in [0.29, 0.717) is 0 Å². The largest absolute Gasteiger partial charge is 0.357 e. The van der Waals surface area contributed by atoms with Crippen LogP contribution in [-0.4, -0.2) is 60.1 Å².